The lowest BCUT2D eigenvalue weighted by molar-refractivity contribution is -0.143. The molecule has 0 aromatic heterocycles. The van der Waals surface area contributed by atoms with Crippen molar-refractivity contribution >= 4 is 11.9 Å². The molecule has 0 aliphatic carbocycles. The second-order valence-corrected chi connectivity index (χ2v) is 25.6. The van der Waals surface area contributed by atoms with E-state index in [-0.39, 0.29) is 18.5 Å². The fourth-order valence-corrected chi connectivity index (χ4v) is 11.8. The van der Waals surface area contributed by atoms with Crippen LogP contribution in [0.5, 0.6) is 0 Å². The number of nitrogens with one attached hydrogen (secondary N) is 1. The Morgan fingerprint density at radius 3 is 0.889 bits per heavy atom. The first-order valence-corrected chi connectivity index (χ1v) is 37.1. The molecule has 0 aromatic carbocycles. The van der Waals surface area contributed by atoms with Crippen LogP contribution in [0.4, 0.5) is 0 Å². The molecule has 480 valence electrons. The normalized spacial score (nSPS) is 12.6. The van der Waals surface area contributed by atoms with Crippen LogP contribution in [0.15, 0.2) is 24.3 Å². The third-order valence-corrected chi connectivity index (χ3v) is 17.5. The fraction of sp³-hybridized carbons (Fsp3) is 0.920. The molecular weight excluding hydrogens is 995 g/mol. The van der Waals surface area contributed by atoms with Gasteiger partial charge in [-0.1, -0.05) is 353 Å². The van der Waals surface area contributed by atoms with E-state index in [0.717, 1.165) is 44.9 Å². The van der Waals surface area contributed by atoms with Gasteiger partial charge in [0.25, 0.3) is 0 Å². The van der Waals surface area contributed by atoms with E-state index in [1.54, 1.807) is 0 Å². The molecule has 0 saturated carbocycles. The molecule has 1 amide bonds. The Hall–Kier alpha value is -1.66. The van der Waals surface area contributed by atoms with Gasteiger partial charge in [-0.15, -0.1) is 0 Å². The zero-order valence-electron chi connectivity index (χ0n) is 55.0. The van der Waals surface area contributed by atoms with Gasteiger partial charge in [0.1, 0.15) is 0 Å². The molecule has 0 aromatic rings. The summed E-state index contributed by atoms with van der Waals surface area (Å²) in [6.45, 7) is 4.96. The SMILES string of the molecule is CCCCCC/C=C\CCCCCCCC(=O)OCCCCCCCCCCCCCCCCCCCC/C=C\CCCCCCCCCCCCCCCCCCCC(=O)NC(CO)C(O)CCCCCCCCCCCCCC. The molecule has 0 aliphatic rings. The quantitative estimate of drug-likeness (QED) is 0.0320. The Morgan fingerprint density at radius 2 is 0.580 bits per heavy atom. The van der Waals surface area contributed by atoms with Gasteiger partial charge in [0.15, 0.2) is 0 Å². The highest BCUT2D eigenvalue weighted by atomic mass is 16.5. The molecule has 0 spiro atoms. The summed E-state index contributed by atoms with van der Waals surface area (Å²) in [6, 6.07) is -0.536. The van der Waals surface area contributed by atoms with E-state index in [9.17, 15) is 19.8 Å². The van der Waals surface area contributed by atoms with Gasteiger partial charge in [-0.05, 0) is 77.0 Å². The van der Waals surface area contributed by atoms with Crippen molar-refractivity contribution in [1.82, 2.24) is 5.32 Å². The van der Waals surface area contributed by atoms with Gasteiger partial charge in [-0.25, -0.2) is 0 Å². The Kier molecular flexibility index (Phi) is 69.4. The lowest BCUT2D eigenvalue weighted by Gasteiger charge is -2.22. The molecule has 2 unspecified atom stereocenters. The standard InChI is InChI=1S/C75H145NO5/c1-3-5-7-9-11-13-15-44-49-53-57-61-65-69-75(80)81-70-66-62-58-54-50-46-43-41-39-37-35-33-31-29-27-25-23-21-19-17-18-20-22-24-26-28-30-32-34-36-38-40-42-45-48-52-56-60-64-68-74(79)76-72(71-77)73(78)67-63-59-55-51-47-16-14-12-10-8-6-4-2/h13,15,17-18,72-73,77-78H,3-12,14,16,19-71H2,1-2H3,(H,76,79)/b15-13-,18-17-. The maximum Gasteiger partial charge on any atom is 0.305 e. The number of ether oxygens (including phenoxy) is 1. The number of carbonyl (C=O) groups excluding carboxylic acids is 2. The first kappa shape index (κ1) is 79.3. The minimum absolute atomic E-state index is 0.0137. The summed E-state index contributed by atoms with van der Waals surface area (Å²) < 4.78 is 5.49. The van der Waals surface area contributed by atoms with Crippen LogP contribution < -0.4 is 5.32 Å². The lowest BCUT2D eigenvalue weighted by atomic mass is 10.0. The van der Waals surface area contributed by atoms with E-state index < -0.39 is 12.1 Å². The van der Waals surface area contributed by atoms with Crippen molar-refractivity contribution in [2.45, 2.75) is 431 Å². The first-order valence-electron chi connectivity index (χ1n) is 37.1. The molecule has 0 bridgehead atoms. The molecule has 0 rings (SSSR count). The summed E-state index contributed by atoms with van der Waals surface area (Å²) in [5, 5.41) is 23.3. The third-order valence-electron chi connectivity index (χ3n) is 17.5. The minimum atomic E-state index is -0.659. The minimum Gasteiger partial charge on any atom is -0.466 e. The monoisotopic (exact) mass is 1140 g/mol. The molecule has 6 nitrogen and oxygen atoms in total. The van der Waals surface area contributed by atoms with Crippen molar-refractivity contribution in [2.75, 3.05) is 13.2 Å². The Labute approximate surface area is 507 Å². The van der Waals surface area contributed by atoms with Gasteiger partial charge in [0.2, 0.25) is 5.91 Å². The van der Waals surface area contributed by atoms with Crippen LogP contribution in [0.2, 0.25) is 0 Å². The number of amides is 1. The van der Waals surface area contributed by atoms with Crippen molar-refractivity contribution in [3.05, 3.63) is 24.3 Å². The smallest absolute Gasteiger partial charge is 0.305 e. The molecule has 0 radical (unpaired) electrons. The number of hydrogen-bond acceptors (Lipinski definition) is 5. The van der Waals surface area contributed by atoms with Crippen molar-refractivity contribution in [1.29, 1.82) is 0 Å². The van der Waals surface area contributed by atoms with Crippen LogP contribution in [0.25, 0.3) is 0 Å². The van der Waals surface area contributed by atoms with Crippen molar-refractivity contribution in [3.8, 4) is 0 Å². The van der Waals surface area contributed by atoms with E-state index in [0.29, 0.717) is 25.9 Å². The van der Waals surface area contributed by atoms with Crippen LogP contribution >= 0.6 is 0 Å². The number of rotatable bonds is 70. The number of aliphatic hydroxyl groups excluding tert-OH is 2. The predicted octanol–water partition coefficient (Wildman–Crippen LogP) is 24.1. The largest absolute Gasteiger partial charge is 0.466 e. The number of carbonyl (C=O) groups is 2. The first-order chi connectivity index (χ1) is 40.0. The summed E-state index contributed by atoms with van der Waals surface area (Å²) in [4.78, 5) is 24.5. The topological polar surface area (TPSA) is 95.9 Å². The average Bonchev–Trinajstić information content (AvgIpc) is 3.47. The van der Waals surface area contributed by atoms with Crippen LogP contribution in [-0.2, 0) is 14.3 Å². The van der Waals surface area contributed by atoms with Crippen LogP contribution in [0.3, 0.4) is 0 Å². The number of aliphatic hydroxyl groups is 2. The van der Waals surface area contributed by atoms with Crippen LogP contribution in [0.1, 0.15) is 418 Å². The number of unbranched alkanes of at least 4 members (excludes halogenated alkanes) is 55. The van der Waals surface area contributed by atoms with E-state index in [2.05, 4.69) is 43.5 Å². The second-order valence-electron chi connectivity index (χ2n) is 25.6. The Balaban J connectivity index is 3.30. The molecule has 0 fully saturated rings. The summed E-state index contributed by atoms with van der Waals surface area (Å²) in [7, 11) is 0. The summed E-state index contributed by atoms with van der Waals surface area (Å²) in [6.07, 6.45) is 89.8. The fourth-order valence-electron chi connectivity index (χ4n) is 11.8. The molecule has 6 heteroatoms. The Morgan fingerprint density at radius 1 is 0.333 bits per heavy atom. The van der Waals surface area contributed by atoms with Crippen LogP contribution in [-0.4, -0.2) is 47.4 Å². The maximum absolute atomic E-state index is 12.5. The van der Waals surface area contributed by atoms with E-state index in [1.807, 2.05) is 0 Å². The van der Waals surface area contributed by atoms with Gasteiger partial charge in [-0.2, -0.15) is 0 Å². The van der Waals surface area contributed by atoms with Gasteiger partial charge < -0.3 is 20.3 Å². The van der Waals surface area contributed by atoms with Gasteiger partial charge in [0.05, 0.1) is 25.4 Å². The molecule has 0 aliphatic heterocycles. The second kappa shape index (κ2) is 70.8. The summed E-state index contributed by atoms with van der Waals surface area (Å²) in [5.74, 6) is -0.0151. The lowest BCUT2D eigenvalue weighted by Crippen LogP contribution is -2.45. The highest BCUT2D eigenvalue weighted by Crippen LogP contribution is 2.19. The predicted molar refractivity (Wildman–Crippen MR) is 356 cm³/mol. The molecule has 81 heavy (non-hydrogen) atoms. The van der Waals surface area contributed by atoms with E-state index >= 15 is 0 Å². The molecule has 0 saturated heterocycles. The van der Waals surface area contributed by atoms with Gasteiger partial charge in [-0.3, -0.25) is 9.59 Å². The number of esters is 1. The zero-order chi connectivity index (χ0) is 58.5. The highest BCUT2D eigenvalue weighted by Gasteiger charge is 2.20. The van der Waals surface area contributed by atoms with Crippen molar-refractivity contribution in [3.63, 3.8) is 0 Å². The third kappa shape index (κ3) is 67.3. The van der Waals surface area contributed by atoms with E-state index in [1.165, 1.54) is 340 Å². The molecule has 3 N–H and O–H groups in total. The highest BCUT2D eigenvalue weighted by molar-refractivity contribution is 5.76. The Bertz CT molecular complexity index is 1270. The van der Waals surface area contributed by atoms with Gasteiger partial charge >= 0.3 is 5.97 Å². The molecular formula is C75H145NO5. The van der Waals surface area contributed by atoms with Gasteiger partial charge in [0, 0.05) is 12.8 Å². The zero-order valence-corrected chi connectivity index (χ0v) is 55.0. The van der Waals surface area contributed by atoms with Crippen molar-refractivity contribution < 1.29 is 24.5 Å². The maximum atomic E-state index is 12.5. The molecule has 0 heterocycles. The summed E-state index contributed by atoms with van der Waals surface area (Å²) >= 11 is 0. The number of hydrogen-bond donors (Lipinski definition) is 3. The van der Waals surface area contributed by atoms with E-state index in [4.69, 9.17) is 4.74 Å². The van der Waals surface area contributed by atoms with Crippen molar-refractivity contribution in [2.24, 2.45) is 0 Å². The average molecular weight is 1140 g/mol. The molecule has 2 atom stereocenters. The summed E-state index contributed by atoms with van der Waals surface area (Å²) in [5.41, 5.74) is 0. The van der Waals surface area contributed by atoms with Crippen LogP contribution in [0, 0.1) is 0 Å². The number of allylic oxidation sites excluding steroid dienone is 4.